The number of thiophene rings is 1. The van der Waals surface area contributed by atoms with E-state index in [1.165, 1.54) is 23.9 Å². The summed E-state index contributed by atoms with van der Waals surface area (Å²) in [6.07, 6.45) is 2.99. The molecule has 1 atom stereocenters. The third-order valence-corrected chi connectivity index (χ3v) is 4.85. The molecule has 0 radical (unpaired) electrons. The maximum absolute atomic E-state index is 12.2. The van der Waals surface area contributed by atoms with Gasteiger partial charge in [0.2, 0.25) is 0 Å². The minimum absolute atomic E-state index is 0.0325. The van der Waals surface area contributed by atoms with E-state index in [0.717, 1.165) is 16.1 Å². The first-order valence-electron chi connectivity index (χ1n) is 7.49. The Morgan fingerprint density at radius 2 is 2.08 bits per heavy atom. The molecule has 0 aliphatic carbocycles. The average molecular weight is 342 g/mol. The lowest BCUT2D eigenvalue weighted by Crippen LogP contribution is -2.42. The van der Waals surface area contributed by atoms with Crippen LogP contribution in [0.4, 0.5) is 10.5 Å². The molecule has 124 valence electrons. The molecule has 6 heteroatoms. The predicted molar refractivity (Wildman–Crippen MR) is 94.2 cm³/mol. The van der Waals surface area contributed by atoms with Gasteiger partial charge in [0.15, 0.2) is 0 Å². The Labute approximate surface area is 143 Å². The second-order valence-corrected chi connectivity index (χ2v) is 6.42. The van der Waals surface area contributed by atoms with Gasteiger partial charge in [-0.15, -0.1) is 11.3 Å². The van der Waals surface area contributed by atoms with Crippen LogP contribution in [0.15, 0.2) is 64.8 Å². The lowest BCUT2D eigenvalue weighted by molar-refractivity contribution is 0.0859. The second-order valence-electron chi connectivity index (χ2n) is 5.47. The normalized spacial score (nSPS) is 13.2. The van der Waals surface area contributed by atoms with Gasteiger partial charge in [0, 0.05) is 16.1 Å². The van der Waals surface area contributed by atoms with E-state index in [4.69, 9.17) is 4.42 Å². The van der Waals surface area contributed by atoms with Crippen molar-refractivity contribution in [3.8, 4) is 0 Å². The summed E-state index contributed by atoms with van der Waals surface area (Å²) in [7, 11) is 0. The van der Waals surface area contributed by atoms with E-state index in [9.17, 15) is 9.90 Å². The number of anilines is 1. The van der Waals surface area contributed by atoms with Gasteiger partial charge in [0.1, 0.15) is 5.60 Å². The predicted octanol–water partition coefficient (Wildman–Crippen LogP) is 3.71. The highest BCUT2D eigenvalue weighted by atomic mass is 32.1. The van der Waals surface area contributed by atoms with Crippen molar-refractivity contribution in [1.82, 2.24) is 5.32 Å². The molecule has 0 aliphatic heterocycles. The summed E-state index contributed by atoms with van der Waals surface area (Å²) < 4.78 is 5.09. The molecule has 3 N–H and O–H groups in total. The highest BCUT2D eigenvalue weighted by Gasteiger charge is 2.34. The monoisotopic (exact) mass is 342 g/mol. The van der Waals surface area contributed by atoms with Crippen molar-refractivity contribution in [2.75, 3.05) is 11.9 Å². The van der Waals surface area contributed by atoms with E-state index < -0.39 is 5.60 Å². The molecule has 24 heavy (non-hydrogen) atoms. The summed E-state index contributed by atoms with van der Waals surface area (Å²) in [5.74, 6) is 0. The number of rotatable bonds is 5. The van der Waals surface area contributed by atoms with Gasteiger partial charge in [0.25, 0.3) is 0 Å². The summed E-state index contributed by atoms with van der Waals surface area (Å²) in [6.45, 7) is 1.95. The number of nitrogens with one attached hydrogen (secondary N) is 2. The number of amides is 2. The molecule has 2 heterocycles. The summed E-state index contributed by atoms with van der Waals surface area (Å²) in [5.41, 5.74) is 0.972. The molecular formula is C18H18N2O3S. The van der Waals surface area contributed by atoms with Crippen molar-refractivity contribution in [2.24, 2.45) is 0 Å². The molecule has 2 aromatic heterocycles. The van der Waals surface area contributed by atoms with Crippen molar-refractivity contribution in [1.29, 1.82) is 0 Å². The topological polar surface area (TPSA) is 74.5 Å². The maximum atomic E-state index is 12.2. The molecule has 0 fully saturated rings. The first-order chi connectivity index (χ1) is 11.6. The van der Waals surface area contributed by atoms with Gasteiger partial charge in [-0.25, -0.2) is 4.79 Å². The van der Waals surface area contributed by atoms with Crippen LogP contribution in [-0.4, -0.2) is 17.7 Å². The molecule has 0 spiro atoms. The first-order valence-corrected chi connectivity index (χ1v) is 8.37. The van der Waals surface area contributed by atoms with Crippen LogP contribution >= 0.6 is 11.3 Å². The largest absolute Gasteiger partial charge is 0.472 e. The lowest BCUT2D eigenvalue weighted by atomic mass is 9.94. The van der Waals surface area contributed by atoms with Gasteiger partial charge in [-0.1, -0.05) is 24.3 Å². The molecule has 5 nitrogen and oxygen atoms in total. The molecule has 2 amide bonds. The number of carbonyl (C=O) groups is 1. The van der Waals surface area contributed by atoms with Gasteiger partial charge >= 0.3 is 6.03 Å². The number of aryl methyl sites for hydroxylation is 1. The van der Waals surface area contributed by atoms with Crippen LogP contribution in [0.2, 0.25) is 0 Å². The average Bonchev–Trinajstić information content (AvgIpc) is 3.28. The number of hydrogen-bond donors (Lipinski definition) is 3. The Morgan fingerprint density at radius 1 is 1.25 bits per heavy atom. The number of carbonyl (C=O) groups excluding carboxylic acids is 1. The molecule has 0 bridgehead atoms. The molecule has 0 unspecified atom stereocenters. The summed E-state index contributed by atoms with van der Waals surface area (Å²) in [6, 6.07) is 12.5. The van der Waals surface area contributed by atoms with Gasteiger partial charge < -0.3 is 20.2 Å². The number of furan rings is 1. The maximum Gasteiger partial charge on any atom is 0.319 e. The van der Waals surface area contributed by atoms with Crippen LogP contribution in [0.1, 0.15) is 16.0 Å². The fraction of sp³-hybridized carbons (Fsp3) is 0.167. The highest BCUT2D eigenvalue weighted by molar-refractivity contribution is 7.10. The first kappa shape index (κ1) is 16.3. The Morgan fingerprint density at radius 3 is 2.75 bits per heavy atom. The van der Waals surface area contributed by atoms with Gasteiger partial charge in [0.05, 0.1) is 19.1 Å². The summed E-state index contributed by atoms with van der Waals surface area (Å²) >= 11 is 1.42. The van der Waals surface area contributed by atoms with Crippen molar-refractivity contribution in [3.05, 3.63) is 76.4 Å². The number of aliphatic hydroxyl groups is 1. The molecular weight excluding hydrogens is 324 g/mol. The number of urea groups is 1. The summed E-state index contributed by atoms with van der Waals surface area (Å²) in [5, 5.41) is 18.5. The Kier molecular flexibility index (Phi) is 4.69. The fourth-order valence-electron chi connectivity index (χ4n) is 2.43. The second kappa shape index (κ2) is 6.90. The molecule has 0 saturated heterocycles. The zero-order valence-electron chi connectivity index (χ0n) is 13.2. The zero-order valence-corrected chi connectivity index (χ0v) is 14.0. The molecule has 0 aliphatic rings. The van der Waals surface area contributed by atoms with Crippen LogP contribution in [0, 0.1) is 6.92 Å². The third kappa shape index (κ3) is 3.34. The fourth-order valence-corrected chi connectivity index (χ4v) is 3.28. The van der Waals surface area contributed by atoms with E-state index in [2.05, 4.69) is 10.6 Å². The van der Waals surface area contributed by atoms with Crippen LogP contribution < -0.4 is 10.6 Å². The van der Waals surface area contributed by atoms with Crippen molar-refractivity contribution in [2.45, 2.75) is 12.5 Å². The molecule has 3 aromatic rings. The van der Waals surface area contributed by atoms with Crippen molar-refractivity contribution in [3.63, 3.8) is 0 Å². The van der Waals surface area contributed by atoms with Gasteiger partial charge in [-0.05, 0) is 36.1 Å². The van der Waals surface area contributed by atoms with Crippen LogP contribution in [0.3, 0.4) is 0 Å². The number of hydrogen-bond acceptors (Lipinski definition) is 4. The third-order valence-electron chi connectivity index (χ3n) is 3.83. The minimum atomic E-state index is -1.33. The smallest absolute Gasteiger partial charge is 0.319 e. The zero-order chi connectivity index (χ0) is 17.0. The van der Waals surface area contributed by atoms with Crippen LogP contribution in [0.5, 0.6) is 0 Å². The Bertz CT molecular complexity index is 763. The number of para-hydroxylation sites is 1. The summed E-state index contributed by atoms with van der Waals surface area (Å²) in [4.78, 5) is 12.9. The lowest BCUT2D eigenvalue weighted by Gasteiger charge is -2.26. The molecule has 3 rings (SSSR count). The van der Waals surface area contributed by atoms with E-state index >= 15 is 0 Å². The highest BCUT2D eigenvalue weighted by Crippen LogP contribution is 2.32. The van der Waals surface area contributed by atoms with E-state index in [1.54, 1.807) is 6.07 Å². The van der Waals surface area contributed by atoms with E-state index in [-0.39, 0.29) is 12.6 Å². The number of benzene rings is 1. The van der Waals surface area contributed by atoms with Gasteiger partial charge in [-0.3, -0.25) is 0 Å². The molecule has 1 aromatic carbocycles. The van der Waals surface area contributed by atoms with Crippen molar-refractivity contribution < 1.29 is 14.3 Å². The quantitative estimate of drug-likeness (QED) is 0.662. The Hall–Kier alpha value is -2.57. The van der Waals surface area contributed by atoms with E-state index in [1.807, 2.05) is 48.7 Å². The van der Waals surface area contributed by atoms with Crippen molar-refractivity contribution >= 4 is 23.1 Å². The SMILES string of the molecule is Cc1ccccc1NC(=O)NC[C@@](O)(c1ccoc1)c1cccs1. The standard InChI is InChI=1S/C18H18N2O3S/c1-13-5-2-3-6-15(13)20-17(21)19-12-18(22,14-8-9-23-11-14)16-7-4-10-24-16/h2-11,22H,12H2,1H3,(H2,19,20,21)/t18-/m1/s1. The van der Waals surface area contributed by atoms with Crippen LogP contribution in [-0.2, 0) is 5.60 Å². The van der Waals surface area contributed by atoms with Gasteiger partial charge in [-0.2, -0.15) is 0 Å². The minimum Gasteiger partial charge on any atom is -0.472 e. The molecule has 0 saturated carbocycles. The Balaban J connectivity index is 1.73. The van der Waals surface area contributed by atoms with E-state index in [0.29, 0.717) is 5.56 Å². The van der Waals surface area contributed by atoms with Crippen LogP contribution in [0.25, 0.3) is 0 Å².